The van der Waals surface area contributed by atoms with Crippen LogP contribution in [0.5, 0.6) is 0 Å². The van der Waals surface area contributed by atoms with Gasteiger partial charge in [-0.3, -0.25) is 0 Å². The maximum Gasteiger partial charge on any atom is 0.449 e. The van der Waals surface area contributed by atoms with E-state index in [1.807, 2.05) is 0 Å². The molecule has 0 radical (unpaired) electrons. The lowest BCUT2D eigenvalue weighted by molar-refractivity contribution is -0.152. The van der Waals surface area contributed by atoms with Crippen molar-refractivity contribution in [2.24, 2.45) is 0 Å². The van der Waals surface area contributed by atoms with Crippen molar-refractivity contribution in [2.75, 3.05) is 0 Å². The molecule has 80 valence electrons. The third-order valence-electron chi connectivity index (χ3n) is 2.04. The van der Waals surface area contributed by atoms with Crippen LogP contribution in [0.25, 0.3) is 11.0 Å². The Hall–Kier alpha value is -1.49. The highest BCUT2D eigenvalue weighted by Crippen LogP contribution is 2.33. The van der Waals surface area contributed by atoms with Crippen LogP contribution in [0.15, 0.2) is 28.7 Å². The molecule has 0 saturated carbocycles. The molecule has 2 nitrogen and oxygen atoms in total. The van der Waals surface area contributed by atoms with Crippen molar-refractivity contribution in [1.29, 1.82) is 0 Å². The van der Waals surface area contributed by atoms with Crippen LogP contribution in [0, 0.1) is 0 Å². The lowest BCUT2D eigenvalue weighted by Crippen LogP contribution is -2.01. The molecule has 15 heavy (non-hydrogen) atoms. The van der Waals surface area contributed by atoms with Gasteiger partial charge in [0.1, 0.15) is 5.58 Å². The number of aliphatic hydroxyl groups excluding tert-OH is 1. The molecule has 0 aliphatic heterocycles. The highest BCUT2D eigenvalue weighted by Gasteiger charge is 2.35. The molecule has 0 aliphatic carbocycles. The average Bonchev–Trinajstić information content (AvgIpc) is 2.59. The van der Waals surface area contributed by atoms with Crippen LogP contribution in [0.2, 0.25) is 0 Å². The first-order valence-corrected chi connectivity index (χ1v) is 4.21. The molecule has 1 N–H and O–H groups in total. The van der Waals surface area contributed by atoms with E-state index in [0.29, 0.717) is 10.9 Å². The van der Waals surface area contributed by atoms with Gasteiger partial charge in [-0.2, -0.15) is 13.2 Å². The lowest BCUT2D eigenvalue weighted by Gasteiger charge is -1.98. The van der Waals surface area contributed by atoms with Gasteiger partial charge in [0.15, 0.2) is 0 Å². The second kappa shape index (κ2) is 3.27. The minimum Gasteiger partial charge on any atom is -0.452 e. The molecule has 5 heteroatoms. The Balaban J connectivity index is 2.56. The molecular weight excluding hydrogens is 209 g/mol. The maximum atomic E-state index is 12.3. The van der Waals surface area contributed by atoms with E-state index in [1.54, 1.807) is 0 Å². The van der Waals surface area contributed by atoms with Gasteiger partial charge in [0.05, 0.1) is 6.61 Å². The smallest absolute Gasteiger partial charge is 0.449 e. The number of benzene rings is 1. The molecule has 0 amide bonds. The summed E-state index contributed by atoms with van der Waals surface area (Å²) in [4.78, 5) is 0. The number of furan rings is 1. The summed E-state index contributed by atoms with van der Waals surface area (Å²) in [5.41, 5.74) is 0.719. The first kappa shape index (κ1) is 10.0. The summed E-state index contributed by atoms with van der Waals surface area (Å²) in [7, 11) is 0. The molecule has 0 unspecified atom stereocenters. The molecule has 0 spiro atoms. The van der Waals surface area contributed by atoms with Gasteiger partial charge >= 0.3 is 6.18 Å². The Morgan fingerprint density at radius 2 is 1.93 bits per heavy atom. The molecule has 1 aromatic carbocycles. The molecule has 0 fully saturated rings. The van der Waals surface area contributed by atoms with Crippen LogP contribution in [0.1, 0.15) is 11.3 Å². The molecule has 1 aromatic heterocycles. The normalized spacial score (nSPS) is 12.3. The van der Waals surface area contributed by atoms with Gasteiger partial charge in [-0.05, 0) is 23.8 Å². The topological polar surface area (TPSA) is 33.4 Å². The largest absolute Gasteiger partial charge is 0.452 e. The molecule has 0 atom stereocenters. The fraction of sp³-hybridized carbons (Fsp3) is 0.200. The zero-order valence-electron chi connectivity index (χ0n) is 7.51. The van der Waals surface area contributed by atoms with Crippen LogP contribution in [0.4, 0.5) is 13.2 Å². The van der Waals surface area contributed by atoms with Crippen molar-refractivity contribution in [2.45, 2.75) is 12.8 Å². The highest BCUT2D eigenvalue weighted by atomic mass is 19.4. The quantitative estimate of drug-likeness (QED) is 0.794. The first-order valence-electron chi connectivity index (χ1n) is 4.21. The summed E-state index contributed by atoms with van der Waals surface area (Å²) in [5.74, 6) is -1.02. The van der Waals surface area contributed by atoms with Crippen molar-refractivity contribution in [1.82, 2.24) is 0 Å². The number of rotatable bonds is 1. The highest BCUT2D eigenvalue weighted by molar-refractivity contribution is 5.78. The van der Waals surface area contributed by atoms with E-state index in [-0.39, 0.29) is 12.2 Å². The standard InChI is InChI=1S/C10H7F3O2/c11-10(12,13)9-4-7-3-6(5-14)1-2-8(7)15-9/h1-4,14H,5H2. The van der Waals surface area contributed by atoms with Crippen molar-refractivity contribution in [3.8, 4) is 0 Å². The summed E-state index contributed by atoms with van der Waals surface area (Å²) >= 11 is 0. The van der Waals surface area contributed by atoms with E-state index >= 15 is 0 Å². The fourth-order valence-electron chi connectivity index (χ4n) is 1.33. The number of fused-ring (bicyclic) bond motifs is 1. The SMILES string of the molecule is OCc1ccc2oc(C(F)(F)F)cc2c1. The van der Waals surface area contributed by atoms with E-state index in [9.17, 15) is 13.2 Å². The second-order valence-electron chi connectivity index (χ2n) is 3.14. The van der Waals surface area contributed by atoms with Crippen LogP contribution >= 0.6 is 0 Å². The van der Waals surface area contributed by atoms with Crippen molar-refractivity contribution >= 4 is 11.0 Å². The monoisotopic (exact) mass is 216 g/mol. The predicted molar refractivity (Wildman–Crippen MR) is 47.1 cm³/mol. The van der Waals surface area contributed by atoms with E-state index in [2.05, 4.69) is 4.42 Å². The molecule has 2 rings (SSSR count). The van der Waals surface area contributed by atoms with Gasteiger partial charge in [-0.25, -0.2) is 0 Å². The van der Waals surface area contributed by atoms with Crippen molar-refractivity contribution in [3.05, 3.63) is 35.6 Å². The summed E-state index contributed by atoms with van der Waals surface area (Å²) in [6, 6.07) is 5.32. The van der Waals surface area contributed by atoms with Gasteiger partial charge in [0.2, 0.25) is 5.76 Å². The number of aliphatic hydroxyl groups is 1. The molecule has 0 saturated heterocycles. The van der Waals surface area contributed by atoms with Gasteiger partial charge in [0, 0.05) is 5.39 Å². The second-order valence-corrected chi connectivity index (χ2v) is 3.14. The van der Waals surface area contributed by atoms with Crippen LogP contribution in [-0.2, 0) is 12.8 Å². The number of halogens is 3. The zero-order chi connectivity index (χ0) is 11.1. The molecule has 2 aromatic rings. The van der Waals surface area contributed by atoms with E-state index in [4.69, 9.17) is 5.11 Å². The first-order chi connectivity index (χ1) is 7.00. The van der Waals surface area contributed by atoms with Crippen molar-refractivity contribution < 1.29 is 22.7 Å². The summed E-state index contributed by atoms with van der Waals surface area (Å²) < 4.78 is 41.4. The number of hydrogen-bond donors (Lipinski definition) is 1. The molecule has 0 bridgehead atoms. The van der Waals surface area contributed by atoms with Crippen LogP contribution in [0.3, 0.4) is 0 Å². The van der Waals surface area contributed by atoms with Crippen LogP contribution in [-0.4, -0.2) is 5.11 Å². The van der Waals surface area contributed by atoms with Gasteiger partial charge < -0.3 is 9.52 Å². The predicted octanol–water partition coefficient (Wildman–Crippen LogP) is 2.94. The molecule has 0 aliphatic rings. The van der Waals surface area contributed by atoms with Crippen molar-refractivity contribution in [3.63, 3.8) is 0 Å². The van der Waals surface area contributed by atoms with Gasteiger partial charge in [-0.1, -0.05) is 6.07 Å². The Bertz CT molecular complexity index is 485. The zero-order valence-corrected chi connectivity index (χ0v) is 7.51. The Morgan fingerprint density at radius 3 is 2.53 bits per heavy atom. The Kier molecular flexibility index (Phi) is 2.19. The summed E-state index contributed by atoms with van der Waals surface area (Å²) in [6.07, 6.45) is -4.47. The minimum absolute atomic E-state index is 0.166. The fourth-order valence-corrected chi connectivity index (χ4v) is 1.33. The van der Waals surface area contributed by atoms with Gasteiger partial charge in [0.25, 0.3) is 0 Å². The third-order valence-corrected chi connectivity index (χ3v) is 2.04. The average molecular weight is 216 g/mol. The molecular formula is C10H7F3O2. The van der Waals surface area contributed by atoms with E-state index in [1.165, 1.54) is 18.2 Å². The molecule has 1 heterocycles. The van der Waals surface area contributed by atoms with E-state index < -0.39 is 11.9 Å². The minimum atomic E-state index is -4.47. The lowest BCUT2D eigenvalue weighted by atomic mass is 10.2. The summed E-state index contributed by atoms with van der Waals surface area (Å²) in [6.45, 7) is -0.206. The summed E-state index contributed by atoms with van der Waals surface area (Å²) in [5, 5.41) is 9.15. The van der Waals surface area contributed by atoms with Crippen LogP contribution < -0.4 is 0 Å². The Morgan fingerprint density at radius 1 is 1.20 bits per heavy atom. The maximum absolute atomic E-state index is 12.3. The number of alkyl halides is 3. The number of hydrogen-bond acceptors (Lipinski definition) is 2. The van der Waals surface area contributed by atoms with Gasteiger partial charge in [-0.15, -0.1) is 0 Å². The Labute approximate surface area is 82.9 Å². The third kappa shape index (κ3) is 1.83. The van der Waals surface area contributed by atoms with E-state index in [0.717, 1.165) is 6.07 Å².